The van der Waals surface area contributed by atoms with Crippen LogP contribution in [0, 0.1) is 0 Å². The third kappa shape index (κ3) is 5.21. The van der Waals surface area contributed by atoms with E-state index in [4.69, 9.17) is 11.6 Å². The van der Waals surface area contributed by atoms with Crippen LogP contribution < -0.4 is 5.32 Å². The van der Waals surface area contributed by atoms with Crippen molar-refractivity contribution in [2.75, 3.05) is 13.1 Å². The Hall–Kier alpha value is -0.150. The molecule has 0 aliphatic heterocycles. The number of thiophene rings is 1. The highest BCUT2D eigenvalue weighted by Gasteiger charge is 2.28. The molecule has 1 N–H and O–H groups in total. The van der Waals surface area contributed by atoms with Gasteiger partial charge in [0.05, 0.1) is 15.4 Å². The molecule has 1 heterocycles. The standard InChI is InChI=1S/C12H18BrClN2O3S2/c1-5-16(7-9(17)15-12(2,3)4)21(18,19)10-6-8(14)11(13)20-10/h6H,5,7H2,1-4H3,(H,15,17). The molecule has 5 nitrogen and oxygen atoms in total. The summed E-state index contributed by atoms with van der Waals surface area (Å²) in [6.07, 6.45) is 0. The van der Waals surface area contributed by atoms with Gasteiger partial charge in [-0.3, -0.25) is 4.79 Å². The van der Waals surface area contributed by atoms with E-state index in [1.807, 2.05) is 20.8 Å². The molecule has 0 saturated heterocycles. The summed E-state index contributed by atoms with van der Waals surface area (Å²) in [4.78, 5) is 11.9. The van der Waals surface area contributed by atoms with E-state index in [0.29, 0.717) is 8.81 Å². The molecule has 1 amide bonds. The van der Waals surface area contributed by atoms with E-state index < -0.39 is 15.6 Å². The van der Waals surface area contributed by atoms with Gasteiger partial charge in [0.25, 0.3) is 10.0 Å². The molecular weight excluding hydrogens is 400 g/mol. The molecule has 0 aromatic carbocycles. The van der Waals surface area contributed by atoms with Crippen LogP contribution in [0.25, 0.3) is 0 Å². The first-order valence-corrected chi connectivity index (χ1v) is 9.66. The Labute approximate surface area is 142 Å². The zero-order chi connectivity index (χ0) is 16.4. The van der Waals surface area contributed by atoms with Gasteiger partial charge in [-0.2, -0.15) is 4.31 Å². The quantitative estimate of drug-likeness (QED) is 0.800. The maximum absolute atomic E-state index is 12.5. The number of carbonyl (C=O) groups is 1. The van der Waals surface area contributed by atoms with Crippen LogP contribution in [0.5, 0.6) is 0 Å². The molecule has 0 saturated carbocycles. The van der Waals surface area contributed by atoms with Gasteiger partial charge in [0.15, 0.2) is 0 Å². The molecule has 0 bridgehead atoms. The predicted octanol–water partition coefficient (Wildman–Crippen LogP) is 3.09. The Balaban J connectivity index is 2.96. The number of carbonyl (C=O) groups excluding carboxylic acids is 1. The smallest absolute Gasteiger partial charge is 0.253 e. The summed E-state index contributed by atoms with van der Waals surface area (Å²) in [5.41, 5.74) is -0.407. The fourth-order valence-corrected chi connectivity index (χ4v) is 5.52. The Morgan fingerprint density at radius 2 is 2.05 bits per heavy atom. The lowest BCUT2D eigenvalue weighted by Gasteiger charge is -2.24. The van der Waals surface area contributed by atoms with Crippen LogP contribution in [0.1, 0.15) is 27.7 Å². The van der Waals surface area contributed by atoms with Crippen molar-refractivity contribution in [3.63, 3.8) is 0 Å². The van der Waals surface area contributed by atoms with Gasteiger partial charge in [-0.05, 0) is 42.8 Å². The van der Waals surface area contributed by atoms with E-state index in [2.05, 4.69) is 21.2 Å². The van der Waals surface area contributed by atoms with E-state index in [1.165, 1.54) is 6.07 Å². The van der Waals surface area contributed by atoms with Crippen LogP contribution in [0.3, 0.4) is 0 Å². The first kappa shape index (κ1) is 18.9. The number of halogens is 2. The molecule has 0 atom stereocenters. The van der Waals surface area contributed by atoms with Gasteiger partial charge in [0.2, 0.25) is 5.91 Å². The fourth-order valence-electron chi connectivity index (χ4n) is 1.57. The lowest BCUT2D eigenvalue weighted by atomic mass is 10.1. The van der Waals surface area contributed by atoms with Crippen molar-refractivity contribution in [2.24, 2.45) is 0 Å². The summed E-state index contributed by atoms with van der Waals surface area (Å²) < 4.78 is 26.8. The minimum absolute atomic E-state index is 0.116. The van der Waals surface area contributed by atoms with Gasteiger partial charge in [-0.15, -0.1) is 11.3 Å². The second kappa shape index (κ2) is 6.95. The average Bonchev–Trinajstić information content (AvgIpc) is 2.65. The lowest BCUT2D eigenvalue weighted by Crippen LogP contribution is -2.47. The summed E-state index contributed by atoms with van der Waals surface area (Å²) in [6, 6.07) is 1.38. The van der Waals surface area contributed by atoms with Gasteiger partial charge in [-0.1, -0.05) is 18.5 Å². The van der Waals surface area contributed by atoms with Crippen molar-refractivity contribution in [1.29, 1.82) is 0 Å². The van der Waals surface area contributed by atoms with Crippen LogP contribution in [-0.4, -0.2) is 37.3 Å². The topological polar surface area (TPSA) is 66.5 Å². The van der Waals surface area contributed by atoms with Crippen LogP contribution in [0.4, 0.5) is 0 Å². The Morgan fingerprint density at radius 3 is 2.43 bits per heavy atom. The van der Waals surface area contributed by atoms with Crippen molar-refractivity contribution in [3.05, 3.63) is 14.9 Å². The largest absolute Gasteiger partial charge is 0.350 e. The third-order valence-electron chi connectivity index (χ3n) is 2.40. The monoisotopic (exact) mass is 416 g/mol. The first-order chi connectivity index (χ1) is 9.47. The number of hydrogen-bond donors (Lipinski definition) is 1. The molecule has 9 heteroatoms. The first-order valence-electron chi connectivity index (χ1n) is 6.23. The summed E-state index contributed by atoms with van der Waals surface area (Å²) in [5, 5.41) is 3.09. The number of rotatable bonds is 5. The Kier molecular flexibility index (Phi) is 6.26. The fraction of sp³-hybridized carbons (Fsp3) is 0.583. The molecule has 0 aliphatic rings. The second-order valence-corrected chi connectivity index (χ2v) is 10.4. The molecule has 120 valence electrons. The van der Waals surface area contributed by atoms with Crippen LogP contribution in [0.2, 0.25) is 5.02 Å². The number of sulfonamides is 1. The molecule has 1 rings (SSSR count). The molecule has 0 spiro atoms. The number of hydrogen-bond acceptors (Lipinski definition) is 4. The van der Waals surface area contributed by atoms with Crippen molar-refractivity contribution < 1.29 is 13.2 Å². The van der Waals surface area contributed by atoms with Gasteiger partial charge >= 0.3 is 0 Å². The number of nitrogens with zero attached hydrogens (tertiary/aromatic N) is 1. The highest BCUT2D eigenvalue weighted by molar-refractivity contribution is 9.11. The minimum atomic E-state index is -3.73. The highest BCUT2D eigenvalue weighted by atomic mass is 79.9. The normalized spacial score (nSPS) is 12.7. The van der Waals surface area contributed by atoms with Crippen molar-refractivity contribution >= 4 is 54.8 Å². The number of amides is 1. The molecule has 21 heavy (non-hydrogen) atoms. The summed E-state index contributed by atoms with van der Waals surface area (Å²) in [6.45, 7) is 7.19. The predicted molar refractivity (Wildman–Crippen MR) is 89.4 cm³/mol. The summed E-state index contributed by atoms with van der Waals surface area (Å²) in [7, 11) is -3.73. The van der Waals surface area contributed by atoms with Crippen molar-refractivity contribution in [3.8, 4) is 0 Å². The maximum atomic E-state index is 12.5. The molecular formula is C12H18BrClN2O3S2. The number of nitrogens with one attached hydrogen (secondary N) is 1. The minimum Gasteiger partial charge on any atom is -0.350 e. The molecule has 1 aromatic rings. The van der Waals surface area contributed by atoms with Gasteiger partial charge in [0.1, 0.15) is 4.21 Å². The van der Waals surface area contributed by atoms with Crippen LogP contribution in [-0.2, 0) is 14.8 Å². The molecule has 0 unspecified atom stereocenters. The van der Waals surface area contributed by atoms with Crippen LogP contribution in [0.15, 0.2) is 14.1 Å². The van der Waals surface area contributed by atoms with Gasteiger partial charge in [-0.25, -0.2) is 8.42 Å². The Morgan fingerprint density at radius 1 is 1.48 bits per heavy atom. The Bertz CT molecular complexity index is 603. The van der Waals surface area contributed by atoms with Gasteiger partial charge in [0, 0.05) is 12.1 Å². The van der Waals surface area contributed by atoms with E-state index in [1.54, 1.807) is 6.92 Å². The van der Waals surface area contributed by atoms with E-state index in [9.17, 15) is 13.2 Å². The molecule has 0 fully saturated rings. The zero-order valence-electron chi connectivity index (χ0n) is 12.2. The molecule has 1 aromatic heterocycles. The zero-order valence-corrected chi connectivity index (χ0v) is 16.2. The van der Waals surface area contributed by atoms with E-state index >= 15 is 0 Å². The average molecular weight is 418 g/mol. The van der Waals surface area contributed by atoms with Crippen LogP contribution >= 0.6 is 38.9 Å². The van der Waals surface area contributed by atoms with E-state index in [0.717, 1.165) is 15.6 Å². The molecule has 0 radical (unpaired) electrons. The SMILES string of the molecule is CCN(CC(=O)NC(C)(C)C)S(=O)(=O)c1cc(Cl)c(Br)s1. The lowest BCUT2D eigenvalue weighted by molar-refractivity contribution is -0.122. The van der Waals surface area contributed by atoms with Gasteiger partial charge < -0.3 is 5.32 Å². The van der Waals surface area contributed by atoms with Crippen molar-refractivity contribution in [2.45, 2.75) is 37.4 Å². The summed E-state index contributed by atoms with van der Waals surface area (Å²) in [5.74, 6) is -0.338. The second-order valence-electron chi connectivity index (χ2n) is 5.42. The third-order valence-corrected chi connectivity index (χ3v) is 7.25. The maximum Gasteiger partial charge on any atom is 0.253 e. The van der Waals surface area contributed by atoms with E-state index in [-0.39, 0.29) is 23.2 Å². The highest BCUT2D eigenvalue weighted by Crippen LogP contribution is 2.35. The van der Waals surface area contributed by atoms with Crippen molar-refractivity contribution in [1.82, 2.24) is 9.62 Å². The molecule has 0 aliphatic carbocycles. The summed E-state index contributed by atoms with van der Waals surface area (Å²) >= 11 is 10.1. The number of likely N-dealkylation sites (N-methyl/N-ethyl adjacent to an activating group) is 1.